The summed E-state index contributed by atoms with van der Waals surface area (Å²) in [6, 6.07) is 20.2. The van der Waals surface area contributed by atoms with Crippen LogP contribution < -0.4 is 5.32 Å². The number of likely N-dealkylation sites (N-methyl/N-ethyl adjacent to an activating group) is 1. The second-order valence-electron chi connectivity index (χ2n) is 7.94. The summed E-state index contributed by atoms with van der Waals surface area (Å²) < 4.78 is 13.2. The van der Waals surface area contributed by atoms with Crippen LogP contribution in [0.15, 0.2) is 72.8 Å². The van der Waals surface area contributed by atoms with E-state index in [9.17, 15) is 14.0 Å². The number of thioether (sulfide) groups is 1. The molecule has 1 N–H and O–H groups in total. The highest BCUT2D eigenvalue weighted by Gasteiger charge is 2.31. The van der Waals surface area contributed by atoms with Gasteiger partial charge in [-0.15, -0.1) is 11.8 Å². The monoisotopic (exact) mass is 532 g/mol. The molecule has 0 bridgehead atoms. The molecular formula is C27H27Cl2FN2O2S. The quantitative estimate of drug-likeness (QED) is 0.322. The van der Waals surface area contributed by atoms with Gasteiger partial charge in [-0.3, -0.25) is 9.59 Å². The zero-order valence-corrected chi connectivity index (χ0v) is 21.7. The first-order valence-electron chi connectivity index (χ1n) is 11.2. The molecule has 0 spiro atoms. The minimum Gasteiger partial charge on any atom is -0.355 e. The molecule has 3 aromatic carbocycles. The van der Waals surface area contributed by atoms with Crippen molar-refractivity contribution in [3.05, 3.63) is 105 Å². The molecule has 3 rings (SSSR count). The predicted octanol–water partition coefficient (Wildman–Crippen LogP) is 6.14. The summed E-state index contributed by atoms with van der Waals surface area (Å²) in [5.41, 5.74) is 2.44. The van der Waals surface area contributed by atoms with Crippen molar-refractivity contribution in [2.45, 2.75) is 31.7 Å². The Morgan fingerprint density at radius 2 is 1.60 bits per heavy atom. The minimum absolute atomic E-state index is 0.100. The summed E-state index contributed by atoms with van der Waals surface area (Å²) in [5.74, 6) is -0.0681. The van der Waals surface area contributed by atoms with Crippen LogP contribution in [0, 0.1) is 5.82 Å². The van der Waals surface area contributed by atoms with Crippen LogP contribution in [0.1, 0.15) is 23.6 Å². The van der Waals surface area contributed by atoms with Gasteiger partial charge in [-0.05, 0) is 42.3 Å². The Hall–Kier alpha value is -2.54. The van der Waals surface area contributed by atoms with Crippen LogP contribution in [0.3, 0.4) is 0 Å². The molecule has 0 fully saturated rings. The van der Waals surface area contributed by atoms with E-state index in [4.69, 9.17) is 23.2 Å². The van der Waals surface area contributed by atoms with Crippen molar-refractivity contribution in [1.29, 1.82) is 0 Å². The smallest absolute Gasteiger partial charge is 0.243 e. The molecule has 0 aliphatic rings. The van der Waals surface area contributed by atoms with E-state index >= 15 is 0 Å². The van der Waals surface area contributed by atoms with Crippen LogP contribution in [0.4, 0.5) is 4.39 Å². The van der Waals surface area contributed by atoms with E-state index in [1.807, 2.05) is 37.3 Å². The van der Waals surface area contributed by atoms with Gasteiger partial charge in [0.15, 0.2) is 0 Å². The lowest BCUT2D eigenvalue weighted by molar-refractivity contribution is -0.139. The van der Waals surface area contributed by atoms with Crippen molar-refractivity contribution in [1.82, 2.24) is 10.2 Å². The molecule has 1 atom stereocenters. The standard InChI is InChI=1S/C27H27Cl2FN2O2S/c1-2-31-27(34)25(15-19-7-4-3-5-8-19)32(16-22-23(28)9-6-10-24(22)29)26(33)18-35-17-20-11-13-21(30)14-12-20/h3-14,25H,2,15-18H2,1H3,(H,31,34). The van der Waals surface area contributed by atoms with Gasteiger partial charge in [-0.2, -0.15) is 0 Å². The number of nitrogens with zero attached hydrogens (tertiary/aromatic N) is 1. The third-order valence-corrected chi connectivity index (χ3v) is 7.12. The Morgan fingerprint density at radius 1 is 0.943 bits per heavy atom. The average Bonchev–Trinajstić information content (AvgIpc) is 2.85. The van der Waals surface area contributed by atoms with E-state index in [0.717, 1.165) is 11.1 Å². The predicted molar refractivity (Wildman–Crippen MR) is 142 cm³/mol. The maximum absolute atomic E-state index is 13.5. The van der Waals surface area contributed by atoms with Crippen LogP contribution in [0.5, 0.6) is 0 Å². The second-order valence-corrected chi connectivity index (χ2v) is 9.74. The topological polar surface area (TPSA) is 49.4 Å². The highest BCUT2D eigenvalue weighted by atomic mass is 35.5. The Morgan fingerprint density at radius 3 is 2.23 bits per heavy atom. The summed E-state index contributed by atoms with van der Waals surface area (Å²) in [6.07, 6.45) is 0.350. The normalized spacial score (nSPS) is 11.7. The van der Waals surface area contributed by atoms with Gasteiger partial charge in [0.2, 0.25) is 11.8 Å². The van der Waals surface area contributed by atoms with Crippen molar-refractivity contribution in [3.63, 3.8) is 0 Å². The number of hydrogen-bond acceptors (Lipinski definition) is 3. The average molecular weight is 533 g/mol. The van der Waals surface area contributed by atoms with Crippen LogP contribution in [-0.4, -0.2) is 35.1 Å². The van der Waals surface area contributed by atoms with Crippen LogP contribution >= 0.6 is 35.0 Å². The van der Waals surface area contributed by atoms with Gasteiger partial charge in [0, 0.05) is 40.9 Å². The molecule has 184 valence electrons. The molecule has 35 heavy (non-hydrogen) atoms. The fourth-order valence-electron chi connectivity index (χ4n) is 3.62. The zero-order chi connectivity index (χ0) is 25.2. The molecule has 1 unspecified atom stereocenters. The van der Waals surface area contributed by atoms with Gasteiger partial charge in [0.25, 0.3) is 0 Å². The Labute approximate surface area is 219 Å². The first kappa shape index (κ1) is 27.1. The molecule has 0 aromatic heterocycles. The summed E-state index contributed by atoms with van der Waals surface area (Å²) in [6.45, 7) is 2.38. The Kier molecular flexibility index (Phi) is 10.5. The second kappa shape index (κ2) is 13.5. The fraction of sp³-hybridized carbons (Fsp3) is 0.259. The molecule has 0 saturated heterocycles. The van der Waals surface area contributed by atoms with Crippen molar-refractivity contribution in [2.24, 2.45) is 0 Å². The molecule has 3 aromatic rings. The SMILES string of the molecule is CCNC(=O)C(Cc1ccccc1)N(Cc1c(Cl)cccc1Cl)C(=O)CSCc1ccc(F)cc1. The number of carbonyl (C=O) groups is 2. The van der Waals surface area contributed by atoms with Crippen molar-refractivity contribution in [2.75, 3.05) is 12.3 Å². The number of hydrogen-bond donors (Lipinski definition) is 1. The summed E-state index contributed by atoms with van der Waals surface area (Å²) in [5, 5.41) is 3.73. The minimum atomic E-state index is -0.747. The van der Waals surface area contributed by atoms with E-state index in [0.29, 0.717) is 34.3 Å². The summed E-state index contributed by atoms with van der Waals surface area (Å²) >= 11 is 14.2. The molecule has 0 aliphatic heterocycles. The third kappa shape index (κ3) is 7.99. The molecule has 4 nitrogen and oxygen atoms in total. The van der Waals surface area contributed by atoms with Gasteiger partial charge in [-0.1, -0.05) is 71.7 Å². The molecular weight excluding hydrogens is 506 g/mol. The van der Waals surface area contributed by atoms with Gasteiger partial charge >= 0.3 is 0 Å². The van der Waals surface area contributed by atoms with Gasteiger partial charge in [0.1, 0.15) is 11.9 Å². The first-order valence-corrected chi connectivity index (χ1v) is 13.2. The van der Waals surface area contributed by atoms with E-state index < -0.39 is 6.04 Å². The maximum Gasteiger partial charge on any atom is 0.243 e. The Balaban J connectivity index is 1.86. The van der Waals surface area contributed by atoms with Crippen LogP contribution in [0.2, 0.25) is 10.0 Å². The number of amides is 2. The number of carbonyl (C=O) groups excluding carboxylic acids is 2. The lowest BCUT2D eigenvalue weighted by Crippen LogP contribution is -2.51. The zero-order valence-electron chi connectivity index (χ0n) is 19.3. The third-order valence-electron chi connectivity index (χ3n) is 5.42. The van der Waals surface area contributed by atoms with E-state index in [-0.39, 0.29) is 29.9 Å². The van der Waals surface area contributed by atoms with Crippen molar-refractivity contribution < 1.29 is 14.0 Å². The van der Waals surface area contributed by atoms with Gasteiger partial charge < -0.3 is 10.2 Å². The fourth-order valence-corrected chi connectivity index (χ4v) is 5.01. The molecule has 0 saturated carbocycles. The lowest BCUT2D eigenvalue weighted by atomic mass is 10.0. The maximum atomic E-state index is 13.5. The van der Waals surface area contributed by atoms with Crippen LogP contribution in [-0.2, 0) is 28.3 Å². The van der Waals surface area contributed by atoms with E-state index in [2.05, 4.69) is 5.32 Å². The molecule has 8 heteroatoms. The van der Waals surface area contributed by atoms with E-state index in [1.165, 1.54) is 23.9 Å². The van der Waals surface area contributed by atoms with Crippen LogP contribution in [0.25, 0.3) is 0 Å². The highest BCUT2D eigenvalue weighted by Crippen LogP contribution is 2.28. The van der Waals surface area contributed by atoms with Gasteiger partial charge in [0.05, 0.1) is 5.75 Å². The molecule has 2 amide bonds. The number of rotatable bonds is 11. The Bertz CT molecular complexity index is 1110. The summed E-state index contributed by atoms with van der Waals surface area (Å²) in [4.78, 5) is 28.3. The van der Waals surface area contributed by atoms with Crippen molar-refractivity contribution >= 4 is 46.8 Å². The number of nitrogens with one attached hydrogen (secondary N) is 1. The number of halogens is 3. The van der Waals surface area contributed by atoms with Crippen molar-refractivity contribution in [3.8, 4) is 0 Å². The number of benzene rings is 3. The molecule has 0 radical (unpaired) electrons. The summed E-state index contributed by atoms with van der Waals surface area (Å²) in [7, 11) is 0. The van der Waals surface area contributed by atoms with E-state index in [1.54, 1.807) is 35.2 Å². The molecule has 0 heterocycles. The molecule has 0 aliphatic carbocycles. The largest absolute Gasteiger partial charge is 0.355 e. The highest BCUT2D eigenvalue weighted by molar-refractivity contribution is 7.99. The van der Waals surface area contributed by atoms with Gasteiger partial charge in [-0.25, -0.2) is 4.39 Å². The lowest BCUT2D eigenvalue weighted by Gasteiger charge is -2.32. The first-order chi connectivity index (χ1) is 16.9.